The lowest BCUT2D eigenvalue weighted by Gasteiger charge is -2.38. The molecule has 0 bridgehead atoms. The summed E-state index contributed by atoms with van der Waals surface area (Å²) in [4.78, 5) is 31.1. The molecule has 5 heteroatoms. The van der Waals surface area contributed by atoms with Crippen molar-refractivity contribution < 1.29 is 4.79 Å². The fraction of sp³-hybridized carbons (Fsp3) is 0.217. The SMILES string of the molecule is O=C(c1cc[nH]c(=O)c1)N1CCN(C2c3ccccc3-c3ccccc32)CC1. The molecule has 5 rings (SSSR count). The van der Waals surface area contributed by atoms with E-state index in [4.69, 9.17) is 0 Å². The minimum Gasteiger partial charge on any atom is -0.336 e. The number of amides is 1. The highest BCUT2D eigenvalue weighted by molar-refractivity contribution is 5.94. The van der Waals surface area contributed by atoms with Gasteiger partial charge in [-0.05, 0) is 28.3 Å². The van der Waals surface area contributed by atoms with Crippen molar-refractivity contribution in [2.75, 3.05) is 26.2 Å². The summed E-state index contributed by atoms with van der Waals surface area (Å²) in [5.74, 6) is -0.0713. The second-order valence-corrected chi connectivity index (χ2v) is 7.35. The van der Waals surface area contributed by atoms with Crippen molar-refractivity contribution in [3.63, 3.8) is 0 Å². The first-order valence-corrected chi connectivity index (χ1v) is 9.63. The molecule has 28 heavy (non-hydrogen) atoms. The Morgan fingerprint density at radius 3 is 2.07 bits per heavy atom. The number of fused-ring (bicyclic) bond motifs is 3. The Morgan fingerprint density at radius 2 is 1.46 bits per heavy atom. The van der Waals surface area contributed by atoms with Gasteiger partial charge in [-0.1, -0.05) is 48.5 Å². The predicted molar refractivity (Wildman–Crippen MR) is 108 cm³/mol. The van der Waals surface area contributed by atoms with Gasteiger partial charge in [0, 0.05) is 44.0 Å². The molecule has 3 aromatic rings. The van der Waals surface area contributed by atoms with Crippen molar-refractivity contribution in [2.45, 2.75) is 6.04 Å². The summed E-state index contributed by atoms with van der Waals surface area (Å²) >= 11 is 0. The molecule has 1 saturated heterocycles. The molecule has 140 valence electrons. The topological polar surface area (TPSA) is 56.4 Å². The number of piperazine rings is 1. The molecule has 2 heterocycles. The van der Waals surface area contributed by atoms with Crippen LogP contribution >= 0.6 is 0 Å². The zero-order chi connectivity index (χ0) is 19.1. The first kappa shape index (κ1) is 17.0. The number of benzene rings is 2. The van der Waals surface area contributed by atoms with Crippen LogP contribution in [0.3, 0.4) is 0 Å². The highest BCUT2D eigenvalue weighted by atomic mass is 16.2. The molecule has 2 aliphatic rings. The molecule has 0 saturated carbocycles. The van der Waals surface area contributed by atoms with Crippen LogP contribution in [0.15, 0.2) is 71.7 Å². The highest BCUT2D eigenvalue weighted by Crippen LogP contribution is 2.46. The number of carbonyl (C=O) groups excluding carboxylic acids is 1. The number of rotatable bonds is 2. The summed E-state index contributed by atoms with van der Waals surface area (Å²) in [6, 6.07) is 20.5. The van der Waals surface area contributed by atoms with Crippen molar-refractivity contribution >= 4 is 5.91 Å². The average molecular weight is 371 g/mol. The largest absolute Gasteiger partial charge is 0.336 e. The number of aromatic amines is 1. The van der Waals surface area contributed by atoms with Crippen LogP contribution in [0.4, 0.5) is 0 Å². The molecule has 0 radical (unpaired) electrons. The first-order valence-electron chi connectivity index (χ1n) is 9.63. The molecule has 5 nitrogen and oxygen atoms in total. The maximum absolute atomic E-state index is 12.7. The third-order valence-corrected chi connectivity index (χ3v) is 5.79. The van der Waals surface area contributed by atoms with Gasteiger partial charge in [-0.3, -0.25) is 14.5 Å². The Balaban J connectivity index is 1.38. The van der Waals surface area contributed by atoms with Gasteiger partial charge in [0.15, 0.2) is 0 Å². The summed E-state index contributed by atoms with van der Waals surface area (Å²) in [7, 11) is 0. The minimum atomic E-state index is -0.247. The molecule has 0 spiro atoms. The Labute approximate surface area is 163 Å². The van der Waals surface area contributed by atoms with E-state index in [1.807, 2.05) is 4.90 Å². The number of H-pyrrole nitrogens is 1. The average Bonchev–Trinajstić information content (AvgIpc) is 3.08. The van der Waals surface area contributed by atoms with Crippen molar-refractivity contribution in [1.29, 1.82) is 0 Å². The summed E-state index contributed by atoms with van der Waals surface area (Å²) in [5.41, 5.74) is 5.52. The predicted octanol–water partition coefficient (Wildman–Crippen LogP) is 2.90. The number of carbonyl (C=O) groups is 1. The van der Waals surface area contributed by atoms with Crippen molar-refractivity contribution in [3.05, 3.63) is 93.9 Å². The van der Waals surface area contributed by atoms with E-state index in [1.54, 1.807) is 6.07 Å². The molecule has 1 N–H and O–H groups in total. The third kappa shape index (κ3) is 2.75. The van der Waals surface area contributed by atoms with Crippen LogP contribution < -0.4 is 5.56 Å². The summed E-state index contributed by atoms with van der Waals surface area (Å²) in [6.45, 7) is 2.93. The fourth-order valence-electron chi connectivity index (χ4n) is 4.47. The van der Waals surface area contributed by atoms with Gasteiger partial charge in [-0.15, -0.1) is 0 Å². The van der Waals surface area contributed by atoms with Gasteiger partial charge < -0.3 is 9.88 Å². The van der Waals surface area contributed by atoms with Gasteiger partial charge in [-0.25, -0.2) is 0 Å². The second kappa shape index (κ2) is 6.77. The van der Waals surface area contributed by atoms with Crippen molar-refractivity contribution in [2.24, 2.45) is 0 Å². The first-order chi connectivity index (χ1) is 13.7. The normalized spacial score (nSPS) is 16.6. The van der Waals surface area contributed by atoms with Crippen LogP contribution in [0, 0.1) is 0 Å². The molecule has 1 aromatic heterocycles. The second-order valence-electron chi connectivity index (χ2n) is 7.35. The maximum Gasteiger partial charge on any atom is 0.254 e. The van der Waals surface area contributed by atoms with Gasteiger partial charge in [0.1, 0.15) is 0 Å². The summed E-state index contributed by atoms with van der Waals surface area (Å²) in [5, 5.41) is 0. The lowest BCUT2D eigenvalue weighted by atomic mass is 10.0. The Kier molecular flexibility index (Phi) is 4.10. The quantitative estimate of drug-likeness (QED) is 0.754. The summed E-state index contributed by atoms with van der Waals surface area (Å²) < 4.78 is 0. The molecule has 2 aromatic carbocycles. The van der Waals surface area contributed by atoms with E-state index in [-0.39, 0.29) is 17.5 Å². The lowest BCUT2D eigenvalue weighted by Crippen LogP contribution is -2.49. The number of pyridine rings is 1. The number of nitrogens with zero attached hydrogens (tertiary/aromatic N) is 2. The monoisotopic (exact) mass is 371 g/mol. The van der Waals surface area contributed by atoms with Gasteiger partial charge in [-0.2, -0.15) is 0 Å². The molecule has 1 aliphatic carbocycles. The summed E-state index contributed by atoms with van der Waals surface area (Å²) in [6.07, 6.45) is 1.53. The van der Waals surface area contributed by atoms with Crippen molar-refractivity contribution in [1.82, 2.24) is 14.8 Å². The number of hydrogen-bond acceptors (Lipinski definition) is 3. The molecule has 0 atom stereocenters. The molecule has 1 fully saturated rings. The lowest BCUT2D eigenvalue weighted by molar-refractivity contribution is 0.0599. The minimum absolute atomic E-state index is 0.0713. The van der Waals surface area contributed by atoms with Gasteiger partial charge in [0.2, 0.25) is 5.56 Å². The number of nitrogens with one attached hydrogen (secondary N) is 1. The third-order valence-electron chi connectivity index (χ3n) is 5.79. The van der Waals surface area contributed by atoms with E-state index < -0.39 is 0 Å². The van der Waals surface area contributed by atoms with E-state index in [0.29, 0.717) is 18.7 Å². The zero-order valence-electron chi connectivity index (χ0n) is 15.5. The van der Waals surface area contributed by atoms with Crippen LogP contribution in [0.25, 0.3) is 11.1 Å². The van der Waals surface area contributed by atoms with E-state index >= 15 is 0 Å². The Morgan fingerprint density at radius 1 is 0.857 bits per heavy atom. The molecular weight excluding hydrogens is 350 g/mol. The Hall–Kier alpha value is -3.18. The maximum atomic E-state index is 12.7. The molecule has 1 aliphatic heterocycles. The molecule has 0 unspecified atom stereocenters. The van der Waals surface area contributed by atoms with Crippen molar-refractivity contribution in [3.8, 4) is 11.1 Å². The number of aromatic nitrogens is 1. The fourth-order valence-corrected chi connectivity index (χ4v) is 4.47. The van der Waals surface area contributed by atoms with Crippen LogP contribution in [0.1, 0.15) is 27.5 Å². The molecular formula is C23H21N3O2. The van der Waals surface area contributed by atoms with Crippen LogP contribution in [0.2, 0.25) is 0 Å². The Bertz CT molecular complexity index is 1050. The van der Waals surface area contributed by atoms with Gasteiger partial charge in [0.25, 0.3) is 5.91 Å². The van der Waals surface area contributed by atoms with E-state index in [1.165, 1.54) is 34.5 Å². The van der Waals surface area contributed by atoms with Crippen LogP contribution in [0.5, 0.6) is 0 Å². The van der Waals surface area contributed by atoms with Crippen LogP contribution in [-0.2, 0) is 0 Å². The van der Waals surface area contributed by atoms with E-state index in [0.717, 1.165) is 13.1 Å². The van der Waals surface area contributed by atoms with Gasteiger partial charge in [0.05, 0.1) is 6.04 Å². The number of hydrogen-bond donors (Lipinski definition) is 1. The smallest absolute Gasteiger partial charge is 0.254 e. The zero-order valence-corrected chi connectivity index (χ0v) is 15.5. The highest BCUT2D eigenvalue weighted by Gasteiger charge is 2.34. The van der Waals surface area contributed by atoms with Crippen LogP contribution in [-0.4, -0.2) is 46.9 Å². The van der Waals surface area contributed by atoms with Gasteiger partial charge >= 0.3 is 0 Å². The molecule has 1 amide bonds. The van der Waals surface area contributed by atoms with E-state index in [9.17, 15) is 9.59 Å². The van der Waals surface area contributed by atoms with E-state index in [2.05, 4.69) is 58.4 Å². The standard InChI is InChI=1S/C23H21N3O2/c27-21-15-16(9-10-24-21)23(28)26-13-11-25(12-14-26)22-19-7-3-1-5-17(19)18-6-2-4-8-20(18)22/h1-10,15,22H,11-14H2,(H,24,27).